The number of urea groups is 1. The van der Waals surface area contributed by atoms with Crippen molar-refractivity contribution in [2.45, 2.75) is 31.8 Å². The van der Waals surface area contributed by atoms with E-state index in [-0.39, 0.29) is 17.9 Å². The maximum Gasteiger partial charge on any atom is 0.317 e. The second-order valence-electron chi connectivity index (χ2n) is 6.51. The molecule has 1 unspecified atom stereocenters. The van der Waals surface area contributed by atoms with Crippen molar-refractivity contribution in [1.29, 1.82) is 0 Å². The van der Waals surface area contributed by atoms with E-state index in [2.05, 4.69) is 5.32 Å². The monoisotopic (exact) mass is 326 g/mol. The molecular weight excluding hydrogens is 303 g/mol. The molecule has 4 heteroatoms. The minimum Gasteiger partial charge on any atom is -0.331 e. The summed E-state index contributed by atoms with van der Waals surface area (Å²) in [7, 11) is 1.80. The Bertz CT molecular complexity index is 668. The van der Waals surface area contributed by atoms with Gasteiger partial charge in [0.15, 0.2) is 0 Å². The van der Waals surface area contributed by atoms with Gasteiger partial charge in [-0.3, -0.25) is 0 Å². The van der Waals surface area contributed by atoms with Crippen LogP contribution in [0.15, 0.2) is 54.6 Å². The average Bonchev–Trinajstić information content (AvgIpc) is 2.54. The predicted molar refractivity (Wildman–Crippen MR) is 92.9 cm³/mol. The summed E-state index contributed by atoms with van der Waals surface area (Å²) in [4.78, 5) is 14.3. The fourth-order valence-electron chi connectivity index (χ4n) is 3.09. The van der Waals surface area contributed by atoms with Crippen LogP contribution in [0.1, 0.15) is 36.4 Å². The van der Waals surface area contributed by atoms with E-state index in [1.807, 2.05) is 30.3 Å². The Labute approximate surface area is 142 Å². The highest BCUT2D eigenvalue weighted by Crippen LogP contribution is 2.37. The van der Waals surface area contributed by atoms with E-state index in [0.29, 0.717) is 12.5 Å². The SMILES string of the molecule is CN(Cc1ccccc1)C(=O)NC(c1ccc(F)cc1)C1CCC1. The van der Waals surface area contributed by atoms with Gasteiger partial charge in [-0.2, -0.15) is 0 Å². The van der Waals surface area contributed by atoms with Crippen LogP contribution >= 0.6 is 0 Å². The van der Waals surface area contributed by atoms with Gasteiger partial charge in [0, 0.05) is 13.6 Å². The van der Waals surface area contributed by atoms with Crippen LogP contribution in [0.25, 0.3) is 0 Å². The van der Waals surface area contributed by atoms with Crippen molar-refractivity contribution in [3.8, 4) is 0 Å². The van der Waals surface area contributed by atoms with Crippen molar-refractivity contribution in [3.63, 3.8) is 0 Å². The fourth-order valence-corrected chi connectivity index (χ4v) is 3.09. The van der Waals surface area contributed by atoms with Gasteiger partial charge < -0.3 is 10.2 Å². The number of halogens is 1. The van der Waals surface area contributed by atoms with Gasteiger partial charge in [0.1, 0.15) is 5.82 Å². The highest BCUT2D eigenvalue weighted by atomic mass is 19.1. The number of amides is 2. The van der Waals surface area contributed by atoms with Crippen LogP contribution in [0, 0.1) is 11.7 Å². The second kappa shape index (κ2) is 7.47. The molecule has 1 fully saturated rings. The Kier molecular flexibility index (Phi) is 5.14. The molecule has 0 bridgehead atoms. The quantitative estimate of drug-likeness (QED) is 0.861. The van der Waals surface area contributed by atoms with Crippen LogP contribution in [-0.4, -0.2) is 18.0 Å². The normalized spacial score (nSPS) is 15.4. The maximum absolute atomic E-state index is 13.2. The minimum absolute atomic E-state index is 0.0509. The van der Waals surface area contributed by atoms with Crippen LogP contribution in [0.2, 0.25) is 0 Å². The molecule has 126 valence electrons. The lowest BCUT2D eigenvalue weighted by molar-refractivity contribution is 0.182. The lowest BCUT2D eigenvalue weighted by Gasteiger charge is -2.35. The van der Waals surface area contributed by atoms with Crippen molar-refractivity contribution in [1.82, 2.24) is 10.2 Å². The molecule has 1 N–H and O–H groups in total. The van der Waals surface area contributed by atoms with Gasteiger partial charge in [-0.25, -0.2) is 9.18 Å². The highest BCUT2D eigenvalue weighted by Gasteiger charge is 2.30. The third-order valence-electron chi connectivity index (χ3n) is 4.74. The number of carbonyl (C=O) groups excluding carboxylic acids is 1. The van der Waals surface area contributed by atoms with Gasteiger partial charge in [0.25, 0.3) is 0 Å². The number of nitrogens with zero attached hydrogens (tertiary/aromatic N) is 1. The third kappa shape index (κ3) is 3.94. The largest absolute Gasteiger partial charge is 0.331 e. The van der Waals surface area contributed by atoms with E-state index < -0.39 is 0 Å². The minimum atomic E-state index is -0.251. The van der Waals surface area contributed by atoms with Crippen LogP contribution in [0.5, 0.6) is 0 Å². The zero-order valence-electron chi connectivity index (χ0n) is 13.9. The van der Waals surface area contributed by atoms with E-state index >= 15 is 0 Å². The lowest BCUT2D eigenvalue weighted by Crippen LogP contribution is -2.42. The summed E-state index contributed by atoms with van der Waals surface area (Å²) in [5.74, 6) is 0.183. The van der Waals surface area contributed by atoms with E-state index in [0.717, 1.165) is 24.0 Å². The maximum atomic E-state index is 13.2. The first kappa shape index (κ1) is 16.5. The van der Waals surface area contributed by atoms with Crippen molar-refractivity contribution < 1.29 is 9.18 Å². The molecule has 0 aromatic heterocycles. The summed E-state index contributed by atoms with van der Waals surface area (Å²) in [6.45, 7) is 0.563. The number of carbonyl (C=O) groups is 1. The average molecular weight is 326 g/mol. The van der Waals surface area contributed by atoms with Gasteiger partial charge in [0.05, 0.1) is 6.04 Å². The number of hydrogen-bond donors (Lipinski definition) is 1. The molecule has 1 atom stereocenters. The summed E-state index contributed by atoms with van der Waals surface area (Å²) in [5.41, 5.74) is 2.07. The molecule has 0 spiro atoms. The molecule has 0 aliphatic heterocycles. The van der Waals surface area contributed by atoms with Crippen molar-refractivity contribution in [3.05, 3.63) is 71.5 Å². The number of benzene rings is 2. The van der Waals surface area contributed by atoms with E-state index in [1.165, 1.54) is 18.6 Å². The van der Waals surface area contributed by atoms with Crippen LogP contribution < -0.4 is 5.32 Å². The van der Waals surface area contributed by atoms with E-state index in [9.17, 15) is 9.18 Å². The molecule has 3 rings (SSSR count). The first-order valence-electron chi connectivity index (χ1n) is 8.44. The first-order valence-corrected chi connectivity index (χ1v) is 8.44. The van der Waals surface area contributed by atoms with Gasteiger partial charge >= 0.3 is 6.03 Å². The Morgan fingerprint density at radius 3 is 2.42 bits per heavy atom. The van der Waals surface area contributed by atoms with Gasteiger partial charge in [-0.15, -0.1) is 0 Å². The molecular formula is C20H23FN2O. The van der Waals surface area contributed by atoms with Crippen molar-refractivity contribution in [2.75, 3.05) is 7.05 Å². The third-order valence-corrected chi connectivity index (χ3v) is 4.74. The molecule has 1 aliphatic carbocycles. The number of nitrogens with one attached hydrogen (secondary N) is 1. The van der Waals surface area contributed by atoms with Crippen LogP contribution in [-0.2, 0) is 6.54 Å². The molecule has 0 heterocycles. The Balaban J connectivity index is 1.67. The first-order chi connectivity index (χ1) is 11.6. The summed E-state index contributed by atoms with van der Waals surface area (Å²) in [6, 6.07) is 16.2. The fraction of sp³-hybridized carbons (Fsp3) is 0.350. The molecule has 1 aliphatic rings. The van der Waals surface area contributed by atoms with Gasteiger partial charge in [-0.05, 0) is 42.0 Å². The summed E-state index contributed by atoms with van der Waals surface area (Å²) < 4.78 is 13.2. The van der Waals surface area contributed by atoms with Crippen molar-refractivity contribution >= 4 is 6.03 Å². The predicted octanol–water partition coefficient (Wildman–Crippen LogP) is 4.51. The zero-order chi connectivity index (χ0) is 16.9. The summed E-state index contributed by atoms with van der Waals surface area (Å²) >= 11 is 0. The molecule has 1 saturated carbocycles. The molecule has 2 aromatic carbocycles. The Morgan fingerprint density at radius 2 is 1.83 bits per heavy atom. The standard InChI is InChI=1S/C20H23FN2O/c1-23(14-15-6-3-2-4-7-15)20(24)22-19(16-8-5-9-16)17-10-12-18(21)13-11-17/h2-4,6-7,10-13,16,19H,5,8-9,14H2,1H3,(H,22,24). The Morgan fingerprint density at radius 1 is 1.17 bits per heavy atom. The van der Waals surface area contributed by atoms with Gasteiger partial charge in [0.2, 0.25) is 0 Å². The molecule has 0 saturated heterocycles. The van der Waals surface area contributed by atoms with Crippen molar-refractivity contribution in [2.24, 2.45) is 5.92 Å². The smallest absolute Gasteiger partial charge is 0.317 e. The molecule has 2 amide bonds. The van der Waals surface area contributed by atoms with E-state index in [1.54, 1.807) is 24.1 Å². The van der Waals surface area contributed by atoms with Crippen LogP contribution in [0.3, 0.4) is 0 Å². The number of rotatable bonds is 5. The molecule has 24 heavy (non-hydrogen) atoms. The summed E-state index contributed by atoms with van der Waals surface area (Å²) in [5, 5.41) is 3.14. The van der Waals surface area contributed by atoms with Crippen LogP contribution in [0.4, 0.5) is 9.18 Å². The Hall–Kier alpha value is -2.36. The molecule has 0 radical (unpaired) electrons. The molecule has 3 nitrogen and oxygen atoms in total. The second-order valence-corrected chi connectivity index (χ2v) is 6.51. The topological polar surface area (TPSA) is 32.3 Å². The number of hydrogen-bond acceptors (Lipinski definition) is 1. The summed E-state index contributed by atoms with van der Waals surface area (Å²) in [6.07, 6.45) is 3.40. The zero-order valence-corrected chi connectivity index (χ0v) is 13.9. The van der Waals surface area contributed by atoms with E-state index in [4.69, 9.17) is 0 Å². The highest BCUT2D eigenvalue weighted by molar-refractivity contribution is 5.74. The molecule has 2 aromatic rings. The van der Waals surface area contributed by atoms with Gasteiger partial charge in [-0.1, -0.05) is 48.9 Å². The lowest BCUT2D eigenvalue weighted by atomic mass is 9.77.